The molecule has 1 aliphatic heterocycles. The molecule has 0 bridgehead atoms. The van der Waals surface area contributed by atoms with Crippen LogP contribution >= 0.6 is 12.2 Å². The second-order valence-electron chi connectivity index (χ2n) is 6.70. The van der Waals surface area contributed by atoms with E-state index in [9.17, 15) is 0 Å². The number of quaternary nitrogens is 1. The predicted octanol–water partition coefficient (Wildman–Crippen LogP) is 0.104. The van der Waals surface area contributed by atoms with Crippen molar-refractivity contribution in [3.63, 3.8) is 0 Å². The van der Waals surface area contributed by atoms with E-state index in [4.69, 9.17) is 21.5 Å². The smallest absolute Gasteiger partial charge is 0.187 e. The van der Waals surface area contributed by atoms with Crippen molar-refractivity contribution < 1.29 is 14.2 Å². The first kappa shape index (κ1) is 19.5. The minimum absolute atomic E-state index is 0.528. The van der Waals surface area contributed by atoms with Crippen molar-refractivity contribution in [3.8, 4) is 5.82 Å². The first-order chi connectivity index (χ1) is 13.0. The molecular weight excluding hydrogens is 364 g/mol. The molecule has 146 valence electrons. The fourth-order valence-corrected chi connectivity index (χ4v) is 3.35. The average Bonchev–Trinajstić information content (AvgIpc) is 3.19. The normalized spacial score (nSPS) is 15.4. The van der Waals surface area contributed by atoms with Crippen molar-refractivity contribution in [2.75, 3.05) is 39.4 Å². The zero-order valence-electron chi connectivity index (χ0n) is 16.0. The highest BCUT2D eigenvalue weighted by Crippen LogP contribution is 2.19. The number of hydrazone groups is 1. The molecule has 0 amide bonds. The maximum Gasteiger partial charge on any atom is 0.187 e. The standard InChI is InChI=1S/C18H26N6O2S/c1-13-10-16(15(3)24(13)17-11-14(2)26-22-17)12-20-21-18(27)19-4-5-23-6-8-25-9-7-23/h10-12H,4-9H2,1-3H3,(H2,19,21,27)/p+1/b20-12-. The van der Waals surface area contributed by atoms with Gasteiger partial charge in [-0.1, -0.05) is 5.16 Å². The second kappa shape index (κ2) is 9.12. The van der Waals surface area contributed by atoms with E-state index in [1.807, 2.05) is 31.4 Å². The summed E-state index contributed by atoms with van der Waals surface area (Å²) in [5.41, 5.74) is 5.99. The maximum atomic E-state index is 5.36. The van der Waals surface area contributed by atoms with Crippen molar-refractivity contribution in [2.24, 2.45) is 5.10 Å². The molecule has 9 heteroatoms. The molecule has 3 rings (SSSR count). The van der Waals surface area contributed by atoms with Gasteiger partial charge in [-0.3, -0.25) is 9.99 Å². The second-order valence-corrected chi connectivity index (χ2v) is 7.10. The van der Waals surface area contributed by atoms with Crippen LogP contribution in [0.1, 0.15) is 22.7 Å². The summed E-state index contributed by atoms with van der Waals surface area (Å²) in [6.07, 6.45) is 1.77. The summed E-state index contributed by atoms with van der Waals surface area (Å²) < 4.78 is 12.6. The van der Waals surface area contributed by atoms with Crippen molar-refractivity contribution >= 4 is 23.5 Å². The molecule has 3 heterocycles. The molecule has 0 unspecified atom stereocenters. The summed E-state index contributed by atoms with van der Waals surface area (Å²) >= 11 is 5.28. The Balaban J connectivity index is 1.50. The van der Waals surface area contributed by atoms with E-state index < -0.39 is 0 Å². The van der Waals surface area contributed by atoms with Crippen LogP contribution in [0.15, 0.2) is 21.8 Å². The quantitative estimate of drug-likeness (QED) is 0.368. The van der Waals surface area contributed by atoms with E-state index in [1.165, 1.54) is 4.90 Å². The lowest BCUT2D eigenvalue weighted by Gasteiger charge is -2.23. The molecule has 0 radical (unpaired) electrons. The Morgan fingerprint density at radius 3 is 2.81 bits per heavy atom. The summed E-state index contributed by atoms with van der Waals surface area (Å²) in [6.45, 7) is 11.6. The fraction of sp³-hybridized carbons (Fsp3) is 0.500. The largest absolute Gasteiger partial charge is 0.370 e. The lowest BCUT2D eigenvalue weighted by molar-refractivity contribution is -0.906. The molecule has 1 aliphatic rings. The molecule has 1 saturated heterocycles. The lowest BCUT2D eigenvalue weighted by atomic mass is 10.3. The van der Waals surface area contributed by atoms with Crippen LogP contribution in [0.25, 0.3) is 5.82 Å². The Kier molecular flexibility index (Phi) is 6.59. The molecule has 3 N–H and O–H groups in total. The van der Waals surface area contributed by atoms with Gasteiger partial charge >= 0.3 is 0 Å². The first-order valence-corrected chi connectivity index (χ1v) is 9.56. The molecule has 2 aromatic rings. The van der Waals surface area contributed by atoms with Crippen LogP contribution in [0.2, 0.25) is 0 Å². The zero-order chi connectivity index (χ0) is 19.2. The molecular formula is C18H27N6O2S+. The Hall–Kier alpha value is -2.23. The third-order valence-corrected chi connectivity index (χ3v) is 4.88. The number of hydrogen-bond acceptors (Lipinski definition) is 5. The van der Waals surface area contributed by atoms with Gasteiger partial charge in [-0.15, -0.1) is 0 Å². The molecule has 0 spiro atoms. The number of morpholine rings is 1. The fourth-order valence-electron chi connectivity index (χ4n) is 3.19. The molecule has 2 aromatic heterocycles. The summed E-state index contributed by atoms with van der Waals surface area (Å²) in [5, 5.41) is 12.1. The number of thiocarbonyl (C=S) groups is 1. The highest BCUT2D eigenvalue weighted by atomic mass is 32.1. The van der Waals surface area contributed by atoms with E-state index >= 15 is 0 Å². The van der Waals surface area contributed by atoms with Crippen LogP contribution < -0.4 is 15.6 Å². The van der Waals surface area contributed by atoms with Crippen molar-refractivity contribution in [3.05, 3.63) is 34.8 Å². The third kappa shape index (κ3) is 5.15. The Morgan fingerprint density at radius 2 is 2.11 bits per heavy atom. The van der Waals surface area contributed by atoms with Gasteiger partial charge in [0, 0.05) is 23.0 Å². The van der Waals surface area contributed by atoms with Gasteiger partial charge < -0.3 is 19.5 Å². The van der Waals surface area contributed by atoms with Gasteiger partial charge in [0.05, 0.1) is 32.5 Å². The number of nitrogens with one attached hydrogen (secondary N) is 3. The maximum absolute atomic E-state index is 5.36. The number of rotatable bonds is 6. The van der Waals surface area contributed by atoms with Gasteiger partial charge in [0.25, 0.3) is 0 Å². The van der Waals surface area contributed by atoms with E-state index in [0.717, 1.165) is 67.9 Å². The molecule has 27 heavy (non-hydrogen) atoms. The number of aromatic nitrogens is 2. The molecule has 8 nitrogen and oxygen atoms in total. The molecule has 0 aromatic carbocycles. The number of ether oxygens (including phenoxy) is 1. The van der Waals surface area contributed by atoms with Crippen LogP contribution in [0.4, 0.5) is 0 Å². The van der Waals surface area contributed by atoms with Gasteiger partial charge in [0.15, 0.2) is 10.9 Å². The van der Waals surface area contributed by atoms with E-state index in [1.54, 1.807) is 6.21 Å². The summed E-state index contributed by atoms with van der Waals surface area (Å²) in [7, 11) is 0. The van der Waals surface area contributed by atoms with Crippen LogP contribution in [-0.2, 0) is 4.74 Å². The van der Waals surface area contributed by atoms with E-state index in [0.29, 0.717) is 5.11 Å². The minimum Gasteiger partial charge on any atom is -0.370 e. The first-order valence-electron chi connectivity index (χ1n) is 9.15. The van der Waals surface area contributed by atoms with Crippen LogP contribution in [0, 0.1) is 20.8 Å². The van der Waals surface area contributed by atoms with Crippen molar-refractivity contribution in [2.45, 2.75) is 20.8 Å². The van der Waals surface area contributed by atoms with Gasteiger partial charge in [-0.25, -0.2) is 0 Å². The average molecular weight is 392 g/mol. The van der Waals surface area contributed by atoms with Crippen LogP contribution in [0.3, 0.4) is 0 Å². The Bertz CT molecular complexity index is 807. The predicted molar refractivity (Wildman–Crippen MR) is 108 cm³/mol. The van der Waals surface area contributed by atoms with Gasteiger partial charge in [-0.05, 0) is 39.1 Å². The number of nitrogens with zero attached hydrogens (tertiary/aromatic N) is 3. The van der Waals surface area contributed by atoms with Crippen molar-refractivity contribution in [1.82, 2.24) is 20.5 Å². The minimum atomic E-state index is 0.528. The monoisotopic (exact) mass is 391 g/mol. The number of aryl methyl sites for hydroxylation is 2. The SMILES string of the molecule is Cc1cc(-n2c(C)cc(/C=N\NC(=S)NCC[NH+]3CCOCC3)c2C)no1. The van der Waals surface area contributed by atoms with E-state index in [2.05, 4.69) is 27.1 Å². The van der Waals surface area contributed by atoms with Crippen molar-refractivity contribution in [1.29, 1.82) is 0 Å². The van der Waals surface area contributed by atoms with Gasteiger partial charge in [0.1, 0.15) is 18.8 Å². The van der Waals surface area contributed by atoms with Gasteiger partial charge in [0.2, 0.25) is 0 Å². The van der Waals surface area contributed by atoms with Gasteiger partial charge in [-0.2, -0.15) is 5.10 Å². The molecule has 0 atom stereocenters. The topological polar surface area (TPSA) is 81.0 Å². The molecule has 0 saturated carbocycles. The zero-order valence-corrected chi connectivity index (χ0v) is 16.9. The van der Waals surface area contributed by atoms with Crippen LogP contribution in [-0.4, -0.2) is 60.4 Å². The summed E-state index contributed by atoms with van der Waals surface area (Å²) in [4.78, 5) is 1.54. The summed E-state index contributed by atoms with van der Waals surface area (Å²) in [6, 6.07) is 3.97. The highest BCUT2D eigenvalue weighted by Gasteiger charge is 2.13. The Morgan fingerprint density at radius 1 is 1.33 bits per heavy atom. The lowest BCUT2D eigenvalue weighted by Crippen LogP contribution is -3.14. The molecule has 0 aliphatic carbocycles. The van der Waals surface area contributed by atoms with E-state index in [-0.39, 0.29) is 0 Å². The van der Waals surface area contributed by atoms with Crippen LogP contribution in [0.5, 0.6) is 0 Å². The highest BCUT2D eigenvalue weighted by molar-refractivity contribution is 7.80. The third-order valence-electron chi connectivity index (χ3n) is 4.65. The molecule has 1 fully saturated rings. The Labute approximate surface area is 164 Å². The number of hydrogen-bond donors (Lipinski definition) is 3. The summed E-state index contributed by atoms with van der Waals surface area (Å²) in [5.74, 6) is 1.56.